The highest BCUT2D eigenvalue weighted by molar-refractivity contribution is 4.55. The number of hydrogen-bond donors (Lipinski definition) is 0. The fraction of sp³-hybridized carbons (Fsp3) is 0.867. The van der Waals surface area contributed by atoms with E-state index in [1.54, 1.807) is 0 Å². The standard InChI is InChI=1S/C9H20.C2H6.C2H2.2CH4/c1-5-8(3)7-9(4)6-2;2*1-2;;/h8-9H,5-7H2,1-4H3;1-2H3;1-2H;2*1H4. The van der Waals surface area contributed by atoms with Gasteiger partial charge in [-0.15, -0.1) is 12.8 Å². The Hall–Kier alpha value is -0.440. The maximum atomic E-state index is 4.00. The van der Waals surface area contributed by atoms with Crippen LogP contribution in [0.25, 0.3) is 0 Å². The summed E-state index contributed by atoms with van der Waals surface area (Å²) in [6.45, 7) is 13.2. The highest BCUT2D eigenvalue weighted by atomic mass is 14.1. The molecule has 0 fully saturated rings. The van der Waals surface area contributed by atoms with Crippen molar-refractivity contribution in [3.8, 4) is 12.8 Å². The minimum atomic E-state index is 0. The van der Waals surface area contributed by atoms with Crippen LogP contribution in [-0.4, -0.2) is 0 Å². The normalized spacial score (nSPS) is 10.9. The largest absolute Gasteiger partial charge is 0.124 e. The summed E-state index contributed by atoms with van der Waals surface area (Å²) in [5, 5.41) is 0. The number of hydrogen-bond acceptors (Lipinski definition) is 0. The summed E-state index contributed by atoms with van der Waals surface area (Å²) in [6, 6.07) is 0. The van der Waals surface area contributed by atoms with Crippen LogP contribution in [0.2, 0.25) is 0 Å². The molecule has 0 spiro atoms. The van der Waals surface area contributed by atoms with Gasteiger partial charge in [0.05, 0.1) is 0 Å². The van der Waals surface area contributed by atoms with E-state index in [-0.39, 0.29) is 14.9 Å². The fourth-order valence-electron chi connectivity index (χ4n) is 1.02. The molecule has 2 atom stereocenters. The van der Waals surface area contributed by atoms with Gasteiger partial charge in [-0.2, -0.15) is 0 Å². The van der Waals surface area contributed by atoms with Crippen molar-refractivity contribution >= 4 is 0 Å². The van der Waals surface area contributed by atoms with Crippen molar-refractivity contribution in [1.29, 1.82) is 0 Å². The second kappa shape index (κ2) is 29.2. The SMILES string of the molecule is C.C.C#C.CC.CCC(C)CC(C)CC. The molecule has 0 heteroatoms. The molecule has 2 unspecified atom stereocenters. The van der Waals surface area contributed by atoms with Crippen LogP contribution in [0, 0.1) is 24.7 Å². The van der Waals surface area contributed by atoms with Gasteiger partial charge in [-0.3, -0.25) is 0 Å². The number of rotatable bonds is 4. The average molecular weight is 216 g/mol. The lowest BCUT2D eigenvalue weighted by Crippen LogP contribution is -2.00. The van der Waals surface area contributed by atoms with E-state index in [4.69, 9.17) is 0 Å². The molecule has 96 valence electrons. The summed E-state index contributed by atoms with van der Waals surface area (Å²) in [5.41, 5.74) is 0. The highest BCUT2D eigenvalue weighted by Gasteiger charge is 2.03. The van der Waals surface area contributed by atoms with Crippen LogP contribution in [-0.2, 0) is 0 Å². The van der Waals surface area contributed by atoms with Gasteiger partial charge in [0.2, 0.25) is 0 Å². The lowest BCUT2D eigenvalue weighted by Gasteiger charge is -2.12. The Labute approximate surface area is 101 Å². The van der Waals surface area contributed by atoms with Gasteiger partial charge in [-0.25, -0.2) is 0 Å². The molecule has 0 amide bonds. The molecule has 0 saturated heterocycles. The van der Waals surface area contributed by atoms with Gasteiger partial charge in [-0.05, 0) is 18.3 Å². The first kappa shape index (κ1) is 29.3. The van der Waals surface area contributed by atoms with E-state index in [9.17, 15) is 0 Å². The topological polar surface area (TPSA) is 0 Å². The number of terminal acetylenes is 1. The zero-order valence-corrected chi connectivity index (χ0v) is 10.4. The summed E-state index contributed by atoms with van der Waals surface area (Å²) in [7, 11) is 0. The van der Waals surface area contributed by atoms with E-state index in [2.05, 4.69) is 40.5 Å². The Kier molecular flexibility index (Phi) is 57.0. The summed E-state index contributed by atoms with van der Waals surface area (Å²) >= 11 is 0. The lowest BCUT2D eigenvalue weighted by atomic mass is 9.94. The van der Waals surface area contributed by atoms with Crippen LogP contribution in [0.15, 0.2) is 0 Å². The van der Waals surface area contributed by atoms with Crippen molar-refractivity contribution in [3.63, 3.8) is 0 Å². The van der Waals surface area contributed by atoms with Crippen LogP contribution in [0.4, 0.5) is 0 Å². The maximum Gasteiger partial charge on any atom is -0.0443 e. The van der Waals surface area contributed by atoms with Gasteiger partial charge in [-0.1, -0.05) is 69.2 Å². The molecule has 0 rings (SSSR count). The van der Waals surface area contributed by atoms with Crippen molar-refractivity contribution in [3.05, 3.63) is 0 Å². The van der Waals surface area contributed by atoms with E-state index >= 15 is 0 Å². The summed E-state index contributed by atoms with van der Waals surface area (Å²) in [5.74, 6) is 1.86. The van der Waals surface area contributed by atoms with Gasteiger partial charge < -0.3 is 0 Å². The molecule has 0 heterocycles. The zero-order chi connectivity index (χ0) is 11.3. The first-order valence-corrected chi connectivity index (χ1v) is 5.54. The van der Waals surface area contributed by atoms with Crippen LogP contribution < -0.4 is 0 Å². The molecular formula is C15H36. The highest BCUT2D eigenvalue weighted by Crippen LogP contribution is 2.16. The van der Waals surface area contributed by atoms with Gasteiger partial charge in [0, 0.05) is 0 Å². The van der Waals surface area contributed by atoms with E-state index in [1.807, 2.05) is 13.8 Å². The molecule has 0 aromatic heterocycles. The molecular weight excluding hydrogens is 180 g/mol. The Morgan fingerprint density at radius 3 is 1.13 bits per heavy atom. The molecule has 0 aliphatic heterocycles. The first-order valence-electron chi connectivity index (χ1n) is 5.54. The first-order chi connectivity index (χ1) is 6.20. The molecule has 0 aromatic carbocycles. The molecule has 0 radical (unpaired) electrons. The van der Waals surface area contributed by atoms with Crippen molar-refractivity contribution in [2.24, 2.45) is 11.8 Å². The van der Waals surface area contributed by atoms with E-state index in [0.29, 0.717) is 0 Å². The second-order valence-corrected chi connectivity index (χ2v) is 3.26. The Morgan fingerprint density at radius 1 is 0.800 bits per heavy atom. The minimum absolute atomic E-state index is 0. The van der Waals surface area contributed by atoms with E-state index < -0.39 is 0 Å². The monoisotopic (exact) mass is 216 g/mol. The molecule has 0 aliphatic carbocycles. The van der Waals surface area contributed by atoms with Crippen LogP contribution in [0.3, 0.4) is 0 Å². The van der Waals surface area contributed by atoms with Crippen molar-refractivity contribution in [2.75, 3.05) is 0 Å². The van der Waals surface area contributed by atoms with E-state index in [0.717, 1.165) is 11.8 Å². The molecule has 0 N–H and O–H groups in total. The second-order valence-electron chi connectivity index (χ2n) is 3.26. The van der Waals surface area contributed by atoms with Crippen molar-refractivity contribution in [2.45, 2.75) is 75.7 Å². The minimum Gasteiger partial charge on any atom is -0.124 e. The van der Waals surface area contributed by atoms with Gasteiger partial charge in [0.15, 0.2) is 0 Å². The molecule has 0 aliphatic rings. The molecule has 0 bridgehead atoms. The Morgan fingerprint density at radius 2 is 1.00 bits per heavy atom. The molecule has 0 aromatic rings. The average Bonchev–Trinajstić information content (AvgIpc) is 2.23. The van der Waals surface area contributed by atoms with Crippen LogP contribution in [0.5, 0.6) is 0 Å². The Balaban J connectivity index is -0.0000000496. The van der Waals surface area contributed by atoms with Crippen LogP contribution >= 0.6 is 0 Å². The summed E-state index contributed by atoms with van der Waals surface area (Å²) in [4.78, 5) is 0. The van der Waals surface area contributed by atoms with Gasteiger partial charge >= 0.3 is 0 Å². The molecule has 0 nitrogen and oxygen atoms in total. The lowest BCUT2D eigenvalue weighted by molar-refractivity contribution is 0.397. The summed E-state index contributed by atoms with van der Waals surface area (Å²) < 4.78 is 0. The summed E-state index contributed by atoms with van der Waals surface area (Å²) in [6.07, 6.45) is 12.1. The third-order valence-corrected chi connectivity index (χ3v) is 2.20. The molecule has 0 saturated carbocycles. The van der Waals surface area contributed by atoms with Crippen molar-refractivity contribution < 1.29 is 0 Å². The zero-order valence-electron chi connectivity index (χ0n) is 10.4. The Bertz CT molecular complexity index is 73.3. The fourth-order valence-corrected chi connectivity index (χ4v) is 1.02. The van der Waals surface area contributed by atoms with E-state index in [1.165, 1.54) is 19.3 Å². The van der Waals surface area contributed by atoms with Crippen molar-refractivity contribution in [1.82, 2.24) is 0 Å². The quantitative estimate of drug-likeness (QED) is 0.504. The van der Waals surface area contributed by atoms with Gasteiger partial charge in [0.1, 0.15) is 0 Å². The molecule has 15 heavy (non-hydrogen) atoms. The third-order valence-electron chi connectivity index (χ3n) is 2.20. The van der Waals surface area contributed by atoms with Gasteiger partial charge in [0.25, 0.3) is 0 Å². The van der Waals surface area contributed by atoms with Crippen LogP contribution in [0.1, 0.15) is 75.7 Å². The smallest absolute Gasteiger partial charge is 0.0443 e. The predicted molar refractivity (Wildman–Crippen MR) is 78.2 cm³/mol. The third kappa shape index (κ3) is 31.7. The predicted octanol–water partition coefficient (Wildman–Crippen LogP) is 6.02. The maximum absolute atomic E-state index is 4.00.